The number of nitrogens with zero attached hydrogens (tertiary/aromatic N) is 2. The molecule has 0 amide bonds. The van der Waals surface area contributed by atoms with Crippen molar-refractivity contribution in [2.75, 3.05) is 0 Å². The molecule has 0 N–H and O–H groups in total. The van der Waals surface area contributed by atoms with Crippen LogP contribution >= 0.6 is 27.5 Å². The molecule has 1 unspecified atom stereocenters. The second-order valence-corrected chi connectivity index (χ2v) is 5.49. The predicted molar refractivity (Wildman–Crippen MR) is 67.8 cm³/mol. The summed E-state index contributed by atoms with van der Waals surface area (Å²) >= 11 is 9.12. The number of imidazole rings is 1. The number of fused-ring (bicyclic) bond motifs is 1. The van der Waals surface area contributed by atoms with Crippen molar-refractivity contribution in [1.29, 1.82) is 0 Å². The fourth-order valence-electron chi connectivity index (χ4n) is 1.76. The number of halogens is 5. The lowest BCUT2D eigenvalue weighted by molar-refractivity contribution is -0.140. The maximum Gasteiger partial charge on any atom is 0.406 e. The van der Waals surface area contributed by atoms with Crippen LogP contribution in [-0.2, 0) is 6.54 Å². The van der Waals surface area contributed by atoms with Gasteiger partial charge in [-0.3, -0.25) is 0 Å². The third-order valence-electron chi connectivity index (χ3n) is 2.43. The predicted octanol–water partition coefficient (Wildman–Crippen LogP) is 4.66. The Morgan fingerprint density at radius 3 is 2.67 bits per heavy atom. The van der Waals surface area contributed by atoms with Crippen LogP contribution in [0.3, 0.4) is 0 Å². The highest BCUT2D eigenvalue weighted by atomic mass is 79.9. The average molecular weight is 342 g/mol. The number of benzene rings is 1. The second-order valence-electron chi connectivity index (χ2n) is 3.92. The first kappa shape index (κ1) is 13.7. The zero-order valence-electron chi connectivity index (χ0n) is 9.30. The van der Waals surface area contributed by atoms with Crippen molar-refractivity contribution in [3.63, 3.8) is 0 Å². The van der Waals surface area contributed by atoms with Gasteiger partial charge in [0.2, 0.25) is 0 Å². The van der Waals surface area contributed by atoms with Gasteiger partial charge in [-0.1, -0.05) is 15.9 Å². The third-order valence-corrected chi connectivity index (χ3v) is 3.12. The molecule has 0 aliphatic carbocycles. The summed E-state index contributed by atoms with van der Waals surface area (Å²) in [5.74, 6) is 0.224. The monoisotopic (exact) mass is 340 g/mol. The van der Waals surface area contributed by atoms with Crippen molar-refractivity contribution in [3.05, 3.63) is 28.5 Å². The van der Waals surface area contributed by atoms with Crippen LogP contribution in [0.15, 0.2) is 22.7 Å². The van der Waals surface area contributed by atoms with Gasteiger partial charge in [-0.2, -0.15) is 13.2 Å². The lowest BCUT2D eigenvalue weighted by Gasteiger charge is -2.12. The van der Waals surface area contributed by atoms with Gasteiger partial charge in [-0.05, 0) is 25.1 Å². The highest BCUT2D eigenvalue weighted by molar-refractivity contribution is 9.10. The fourth-order valence-corrected chi connectivity index (χ4v) is 2.28. The number of aromatic nitrogens is 2. The van der Waals surface area contributed by atoms with Gasteiger partial charge >= 0.3 is 6.18 Å². The van der Waals surface area contributed by atoms with Crippen LogP contribution in [0, 0.1) is 0 Å². The Kier molecular flexibility index (Phi) is 3.60. The number of hydrogen-bond donors (Lipinski definition) is 0. The first-order chi connectivity index (χ1) is 8.28. The molecule has 0 saturated heterocycles. The molecule has 0 aliphatic rings. The Hall–Kier alpha value is -0.750. The van der Waals surface area contributed by atoms with Crippen molar-refractivity contribution < 1.29 is 13.2 Å². The van der Waals surface area contributed by atoms with E-state index in [1.807, 2.05) is 0 Å². The summed E-state index contributed by atoms with van der Waals surface area (Å²) in [4.78, 5) is 4.15. The standard InChI is InChI=1S/C11H9BrClF3N2/c1-6(13)10-17-8-3-2-7(12)4-9(8)18(10)5-11(14,15)16/h2-4,6H,5H2,1H3. The topological polar surface area (TPSA) is 17.8 Å². The molecule has 98 valence electrons. The Morgan fingerprint density at radius 1 is 1.44 bits per heavy atom. The van der Waals surface area contributed by atoms with Crippen molar-refractivity contribution in [3.8, 4) is 0 Å². The zero-order valence-corrected chi connectivity index (χ0v) is 11.6. The second kappa shape index (κ2) is 4.74. The van der Waals surface area contributed by atoms with E-state index in [0.717, 1.165) is 4.57 Å². The van der Waals surface area contributed by atoms with E-state index in [9.17, 15) is 13.2 Å². The van der Waals surface area contributed by atoms with Crippen molar-refractivity contribution in [2.24, 2.45) is 0 Å². The highest BCUT2D eigenvalue weighted by Crippen LogP contribution is 2.29. The van der Waals surface area contributed by atoms with Crippen LogP contribution in [0.5, 0.6) is 0 Å². The smallest absolute Gasteiger partial charge is 0.318 e. The van der Waals surface area contributed by atoms with Crippen LogP contribution in [-0.4, -0.2) is 15.7 Å². The van der Waals surface area contributed by atoms with Crippen LogP contribution in [0.1, 0.15) is 18.1 Å². The molecule has 2 nitrogen and oxygen atoms in total. The molecular weight excluding hydrogens is 332 g/mol. The van der Waals surface area contributed by atoms with Gasteiger partial charge in [0.15, 0.2) is 0 Å². The molecule has 2 aromatic rings. The summed E-state index contributed by atoms with van der Waals surface area (Å²) in [5.41, 5.74) is 0.925. The lowest BCUT2D eigenvalue weighted by Crippen LogP contribution is -2.19. The summed E-state index contributed by atoms with van der Waals surface area (Å²) in [7, 11) is 0. The van der Waals surface area contributed by atoms with Crippen molar-refractivity contribution >= 4 is 38.6 Å². The first-order valence-electron chi connectivity index (χ1n) is 5.14. The van der Waals surface area contributed by atoms with Crippen LogP contribution in [0.2, 0.25) is 0 Å². The summed E-state index contributed by atoms with van der Waals surface area (Å²) in [6.07, 6.45) is -4.31. The number of rotatable bonds is 2. The minimum atomic E-state index is -4.31. The molecule has 2 rings (SSSR count). The van der Waals surface area contributed by atoms with E-state index < -0.39 is 18.1 Å². The Labute approximate surface area is 115 Å². The summed E-state index contributed by atoms with van der Waals surface area (Å²) in [6, 6.07) is 5.00. The number of hydrogen-bond acceptors (Lipinski definition) is 1. The SMILES string of the molecule is CC(Cl)c1nc2ccc(Br)cc2n1CC(F)(F)F. The van der Waals surface area contributed by atoms with Crippen molar-refractivity contribution in [1.82, 2.24) is 9.55 Å². The zero-order chi connectivity index (χ0) is 13.5. The van der Waals surface area contributed by atoms with Gasteiger partial charge in [0.05, 0.1) is 16.4 Å². The van der Waals surface area contributed by atoms with Crippen LogP contribution < -0.4 is 0 Å². The largest absolute Gasteiger partial charge is 0.406 e. The van der Waals surface area contributed by atoms with E-state index in [-0.39, 0.29) is 5.82 Å². The van der Waals surface area contributed by atoms with E-state index in [4.69, 9.17) is 11.6 Å². The Morgan fingerprint density at radius 2 is 2.11 bits per heavy atom. The van der Waals surface area contributed by atoms with E-state index in [1.54, 1.807) is 25.1 Å². The van der Waals surface area contributed by atoms with Crippen LogP contribution in [0.4, 0.5) is 13.2 Å². The molecule has 0 saturated carbocycles. The number of alkyl halides is 4. The maximum atomic E-state index is 12.6. The van der Waals surface area contributed by atoms with Crippen molar-refractivity contribution in [2.45, 2.75) is 25.0 Å². The van der Waals surface area contributed by atoms with Gasteiger partial charge in [0.1, 0.15) is 12.4 Å². The van der Waals surface area contributed by atoms with Gasteiger partial charge < -0.3 is 4.57 Å². The third kappa shape index (κ3) is 2.80. The highest BCUT2D eigenvalue weighted by Gasteiger charge is 2.31. The molecule has 0 spiro atoms. The summed E-state index contributed by atoms with van der Waals surface area (Å²) in [5, 5.41) is -0.585. The van der Waals surface area contributed by atoms with E-state index in [0.29, 0.717) is 15.5 Å². The Bertz CT molecular complexity index is 577. The first-order valence-corrected chi connectivity index (χ1v) is 6.37. The summed E-state index contributed by atoms with van der Waals surface area (Å²) in [6.45, 7) is 0.511. The van der Waals surface area contributed by atoms with Gasteiger partial charge in [0.25, 0.3) is 0 Å². The van der Waals surface area contributed by atoms with E-state index in [1.165, 1.54) is 0 Å². The molecule has 1 atom stereocenters. The van der Waals surface area contributed by atoms with Gasteiger partial charge in [-0.25, -0.2) is 4.98 Å². The average Bonchev–Trinajstić information content (AvgIpc) is 2.55. The molecule has 7 heteroatoms. The molecule has 0 bridgehead atoms. The molecule has 0 radical (unpaired) electrons. The minimum absolute atomic E-state index is 0.224. The molecule has 0 aliphatic heterocycles. The molecule has 0 fully saturated rings. The quantitative estimate of drug-likeness (QED) is 0.726. The minimum Gasteiger partial charge on any atom is -0.318 e. The normalized spacial score (nSPS) is 14.1. The van der Waals surface area contributed by atoms with E-state index >= 15 is 0 Å². The van der Waals surface area contributed by atoms with Crippen LogP contribution in [0.25, 0.3) is 11.0 Å². The fraction of sp³-hybridized carbons (Fsp3) is 0.364. The molecule has 1 aromatic heterocycles. The molecule has 1 heterocycles. The molecular formula is C11H9BrClF3N2. The van der Waals surface area contributed by atoms with E-state index in [2.05, 4.69) is 20.9 Å². The lowest BCUT2D eigenvalue weighted by atomic mass is 10.3. The van der Waals surface area contributed by atoms with Gasteiger partial charge in [0, 0.05) is 4.47 Å². The Balaban J connectivity index is 2.64. The maximum absolute atomic E-state index is 12.6. The van der Waals surface area contributed by atoms with Gasteiger partial charge in [-0.15, -0.1) is 11.6 Å². The molecule has 1 aromatic carbocycles. The molecule has 18 heavy (non-hydrogen) atoms. The summed E-state index contributed by atoms with van der Waals surface area (Å²) < 4.78 is 39.6.